The third-order valence-corrected chi connectivity index (χ3v) is 3.30. The van der Waals surface area contributed by atoms with E-state index in [1.54, 1.807) is 0 Å². The highest BCUT2D eigenvalue weighted by Gasteiger charge is 2.16. The molecule has 0 aliphatic rings. The average molecular weight is 321 g/mol. The van der Waals surface area contributed by atoms with Gasteiger partial charge in [0.05, 0.1) is 38.9 Å². The molecule has 1 heterocycles. The molecule has 0 unspecified atom stereocenters. The Bertz CT molecular complexity index is 643. The van der Waals surface area contributed by atoms with Crippen molar-refractivity contribution in [2.24, 2.45) is 5.73 Å². The van der Waals surface area contributed by atoms with Gasteiger partial charge >= 0.3 is 0 Å². The summed E-state index contributed by atoms with van der Waals surface area (Å²) in [6.07, 6.45) is -0.0622. The number of amides is 1. The second kappa shape index (κ2) is 5.31. The van der Waals surface area contributed by atoms with Crippen LogP contribution in [0.3, 0.4) is 0 Å². The average Bonchev–Trinajstić information content (AvgIpc) is 2.72. The van der Waals surface area contributed by atoms with E-state index in [-0.39, 0.29) is 22.3 Å². The van der Waals surface area contributed by atoms with E-state index in [4.69, 9.17) is 28.9 Å². The number of thiocarbonyl (C=S) groups is 1. The van der Waals surface area contributed by atoms with Crippen LogP contribution in [-0.4, -0.2) is 19.6 Å². The molecule has 1 aromatic carbocycles. The molecule has 94 valence electrons. The van der Waals surface area contributed by atoms with E-state index in [1.165, 1.54) is 6.07 Å². The molecule has 9 heteroatoms. The van der Waals surface area contributed by atoms with Crippen molar-refractivity contribution in [1.29, 1.82) is 0 Å². The van der Waals surface area contributed by atoms with E-state index in [1.807, 2.05) is 0 Å². The lowest BCUT2D eigenvalue weighted by Gasteiger charge is -2.07. The van der Waals surface area contributed by atoms with Crippen molar-refractivity contribution in [3.63, 3.8) is 0 Å². The Morgan fingerprint density at radius 3 is 2.72 bits per heavy atom. The van der Waals surface area contributed by atoms with Gasteiger partial charge in [-0.05, 0) is 6.07 Å². The zero-order chi connectivity index (χ0) is 13.3. The maximum absolute atomic E-state index is 11.6. The summed E-state index contributed by atoms with van der Waals surface area (Å²) in [5.74, 6) is -0.360. The number of rotatable bonds is 3. The Hall–Kier alpha value is -1.02. The number of nitrogens with zero attached hydrogens (tertiary/aromatic N) is 2. The molecule has 0 radical (unpaired) electrons. The molecular formula is C9H6Cl2N4OS2. The lowest BCUT2D eigenvalue weighted by atomic mass is 10.2. The first-order valence-corrected chi connectivity index (χ1v) is 6.57. The van der Waals surface area contributed by atoms with Crippen molar-refractivity contribution in [3.05, 3.63) is 16.1 Å². The standard InChI is InChI=1S/C9H6Cl2N4OS2/c10-3-1-4(11)8-9(15-18-14-8)7(3)13-6(16)2-5(12)17/h1H,2H2,(H2,12,17)(H,13,16). The molecule has 0 aliphatic carbocycles. The number of benzene rings is 1. The summed E-state index contributed by atoms with van der Waals surface area (Å²) in [4.78, 5) is 11.7. The summed E-state index contributed by atoms with van der Waals surface area (Å²) < 4.78 is 8.08. The van der Waals surface area contributed by atoms with Crippen molar-refractivity contribution in [2.75, 3.05) is 5.32 Å². The molecule has 0 saturated carbocycles. The molecule has 1 aromatic heterocycles. The molecule has 0 bridgehead atoms. The number of anilines is 1. The van der Waals surface area contributed by atoms with Crippen molar-refractivity contribution in [3.8, 4) is 0 Å². The fourth-order valence-corrected chi connectivity index (χ4v) is 2.63. The van der Waals surface area contributed by atoms with Crippen LogP contribution < -0.4 is 11.1 Å². The maximum Gasteiger partial charge on any atom is 0.231 e. The van der Waals surface area contributed by atoms with Gasteiger partial charge in [-0.1, -0.05) is 35.4 Å². The van der Waals surface area contributed by atoms with Gasteiger partial charge in [-0.15, -0.1) is 0 Å². The van der Waals surface area contributed by atoms with Crippen LogP contribution >= 0.6 is 47.1 Å². The van der Waals surface area contributed by atoms with E-state index in [0.717, 1.165) is 11.7 Å². The number of nitrogens with two attached hydrogens (primary N) is 1. The van der Waals surface area contributed by atoms with Gasteiger partial charge in [0.15, 0.2) is 0 Å². The molecular weight excluding hydrogens is 315 g/mol. The number of aromatic nitrogens is 2. The zero-order valence-corrected chi connectivity index (χ0v) is 11.9. The van der Waals surface area contributed by atoms with E-state index in [2.05, 4.69) is 26.3 Å². The number of carbonyl (C=O) groups is 1. The SMILES string of the molecule is NC(=S)CC(=O)Nc1c(Cl)cc(Cl)c2nsnc12. The summed E-state index contributed by atoms with van der Waals surface area (Å²) >= 11 is 17.6. The van der Waals surface area contributed by atoms with E-state index in [0.29, 0.717) is 21.7 Å². The molecule has 2 aromatic rings. The molecule has 18 heavy (non-hydrogen) atoms. The van der Waals surface area contributed by atoms with Crippen LogP contribution in [-0.2, 0) is 4.79 Å². The van der Waals surface area contributed by atoms with Gasteiger partial charge in [0, 0.05) is 0 Å². The Labute approximate surface area is 122 Å². The van der Waals surface area contributed by atoms with Gasteiger partial charge in [-0.3, -0.25) is 4.79 Å². The number of carbonyl (C=O) groups excluding carboxylic acids is 1. The zero-order valence-electron chi connectivity index (χ0n) is 8.74. The predicted octanol–water partition coefficient (Wildman–Crippen LogP) is 2.61. The number of fused-ring (bicyclic) bond motifs is 1. The fourth-order valence-electron chi connectivity index (χ4n) is 1.33. The normalized spacial score (nSPS) is 10.6. The second-order valence-corrected chi connectivity index (χ2v) is 5.24. The van der Waals surface area contributed by atoms with E-state index < -0.39 is 0 Å². The highest BCUT2D eigenvalue weighted by Crippen LogP contribution is 2.35. The highest BCUT2D eigenvalue weighted by molar-refractivity contribution is 7.80. The smallest absolute Gasteiger partial charge is 0.231 e. The van der Waals surface area contributed by atoms with Crippen molar-refractivity contribution in [1.82, 2.24) is 8.75 Å². The molecule has 1 amide bonds. The van der Waals surface area contributed by atoms with Gasteiger partial charge < -0.3 is 11.1 Å². The molecule has 0 fully saturated rings. The molecule has 0 aliphatic heterocycles. The summed E-state index contributed by atoms with van der Waals surface area (Å²) in [5.41, 5.74) is 6.61. The Morgan fingerprint density at radius 2 is 2.06 bits per heavy atom. The quantitative estimate of drug-likeness (QED) is 0.849. The first-order valence-electron chi connectivity index (χ1n) is 4.67. The number of hydrogen-bond donors (Lipinski definition) is 2. The van der Waals surface area contributed by atoms with Crippen LogP contribution in [0, 0.1) is 0 Å². The number of halogens is 2. The molecule has 0 spiro atoms. The first-order chi connectivity index (χ1) is 8.49. The van der Waals surface area contributed by atoms with Crippen molar-refractivity contribution < 1.29 is 4.79 Å². The lowest BCUT2D eigenvalue weighted by Crippen LogP contribution is -2.20. The first kappa shape index (κ1) is 13.4. The topological polar surface area (TPSA) is 80.9 Å². The minimum atomic E-state index is -0.360. The monoisotopic (exact) mass is 320 g/mol. The Morgan fingerprint density at radius 1 is 1.39 bits per heavy atom. The molecule has 2 rings (SSSR count). The Balaban J connectivity index is 2.41. The minimum absolute atomic E-state index is 0.0622. The second-order valence-electron chi connectivity index (χ2n) is 3.37. The largest absolute Gasteiger partial charge is 0.393 e. The van der Waals surface area contributed by atoms with Crippen LogP contribution in [0.2, 0.25) is 10.0 Å². The third-order valence-electron chi connectivity index (χ3n) is 2.04. The van der Waals surface area contributed by atoms with Crippen LogP contribution in [0.4, 0.5) is 5.69 Å². The van der Waals surface area contributed by atoms with E-state index in [9.17, 15) is 4.79 Å². The third kappa shape index (κ3) is 2.69. The summed E-state index contributed by atoms with van der Waals surface area (Å²) in [6, 6.07) is 1.50. The summed E-state index contributed by atoms with van der Waals surface area (Å²) in [7, 11) is 0. The number of nitrogens with one attached hydrogen (secondary N) is 1. The summed E-state index contributed by atoms with van der Waals surface area (Å²) in [6.45, 7) is 0. The molecule has 0 atom stereocenters. The van der Waals surface area contributed by atoms with E-state index >= 15 is 0 Å². The lowest BCUT2D eigenvalue weighted by molar-refractivity contribution is -0.115. The highest BCUT2D eigenvalue weighted by atomic mass is 35.5. The fraction of sp³-hybridized carbons (Fsp3) is 0.111. The van der Waals surface area contributed by atoms with Gasteiger partial charge in [0.1, 0.15) is 11.0 Å². The maximum atomic E-state index is 11.6. The van der Waals surface area contributed by atoms with Crippen LogP contribution in [0.1, 0.15) is 6.42 Å². The van der Waals surface area contributed by atoms with Gasteiger partial charge in [-0.25, -0.2) is 0 Å². The Kier molecular flexibility index (Phi) is 3.96. The summed E-state index contributed by atoms with van der Waals surface area (Å²) in [5, 5.41) is 3.28. The number of hydrogen-bond acceptors (Lipinski definition) is 5. The van der Waals surface area contributed by atoms with Crippen LogP contribution in [0.25, 0.3) is 11.0 Å². The van der Waals surface area contributed by atoms with Gasteiger partial charge in [0.2, 0.25) is 5.91 Å². The minimum Gasteiger partial charge on any atom is -0.393 e. The van der Waals surface area contributed by atoms with Crippen molar-refractivity contribution in [2.45, 2.75) is 6.42 Å². The molecule has 0 saturated heterocycles. The van der Waals surface area contributed by atoms with Gasteiger partial charge in [0.25, 0.3) is 0 Å². The predicted molar refractivity (Wildman–Crippen MR) is 77.5 cm³/mol. The van der Waals surface area contributed by atoms with Crippen LogP contribution in [0.5, 0.6) is 0 Å². The van der Waals surface area contributed by atoms with Crippen molar-refractivity contribution >= 4 is 74.8 Å². The molecule has 3 N–H and O–H groups in total. The van der Waals surface area contributed by atoms with Gasteiger partial charge in [-0.2, -0.15) is 8.75 Å². The van der Waals surface area contributed by atoms with Crippen LogP contribution in [0.15, 0.2) is 6.07 Å². The molecule has 5 nitrogen and oxygen atoms in total.